The molecule has 0 saturated heterocycles. The van der Waals surface area contributed by atoms with Crippen LogP contribution in [0.5, 0.6) is 0 Å². The van der Waals surface area contributed by atoms with Gasteiger partial charge in [0, 0.05) is 5.54 Å². The Morgan fingerprint density at radius 3 is 1.94 bits per heavy atom. The van der Waals surface area contributed by atoms with E-state index >= 15 is 0 Å². The van der Waals surface area contributed by atoms with Crippen LogP contribution in [-0.2, 0) is 12.6 Å². The SMILES string of the molecule is CC(C)(C)N(C(=O)O)[C@@H](Cc1ccccc1C(F)(F)F)CN1C(=O)c2ccccc2C1=O. The van der Waals surface area contributed by atoms with Crippen molar-refractivity contribution in [2.75, 3.05) is 6.54 Å². The van der Waals surface area contributed by atoms with E-state index in [1.54, 1.807) is 32.9 Å². The van der Waals surface area contributed by atoms with Gasteiger partial charge in [-0.3, -0.25) is 19.4 Å². The first-order valence-corrected chi connectivity index (χ1v) is 9.95. The van der Waals surface area contributed by atoms with E-state index in [1.807, 2.05) is 0 Å². The van der Waals surface area contributed by atoms with E-state index < -0.39 is 41.2 Å². The first-order chi connectivity index (χ1) is 14.8. The molecule has 0 aromatic heterocycles. The molecular weight excluding hydrogens is 425 g/mol. The maximum absolute atomic E-state index is 13.6. The number of rotatable bonds is 5. The zero-order chi connectivity index (χ0) is 23.8. The minimum absolute atomic E-state index is 0.114. The maximum atomic E-state index is 13.6. The third kappa shape index (κ3) is 4.46. The van der Waals surface area contributed by atoms with Crippen LogP contribution in [0.15, 0.2) is 48.5 Å². The molecule has 6 nitrogen and oxygen atoms in total. The highest BCUT2D eigenvalue weighted by Gasteiger charge is 2.42. The van der Waals surface area contributed by atoms with Gasteiger partial charge in [0.1, 0.15) is 0 Å². The summed E-state index contributed by atoms with van der Waals surface area (Å²) in [6.45, 7) is 4.44. The highest BCUT2D eigenvalue weighted by atomic mass is 19.4. The van der Waals surface area contributed by atoms with Gasteiger partial charge in [0.15, 0.2) is 0 Å². The van der Waals surface area contributed by atoms with Gasteiger partial charge < -0.3 is 5.11 Å². The topological polar surface area (TPSA) is 77.9 Å². The van der Waals surface area contributed by atoms with Gasteiger partial charge >= 0.3 is 12.3 Å². The van der Waals surface area contributed by atoms with Crippen LogP contribution in [-0.4, -0.2) is 50.9 Å². The average Bonchev–Trinajstić information content (AvgIpc) is 2.91. The van der Waals surface area contributed by atoms with E-state index in [4.69, 9.17) is 0 Å². The lowest BCUT2D eigenvalue weighted by atomic mass is 9.95. The Hall–Kier alpha value is -3.36. The molecule has 2 aromatic rings. The van der Waals surface area contributed by atoms with Crippen LogP contribution in [0.1, 0.15) is 52.6 Å². The van der Waals surface area contributed by atoms with Crippen LogP contribution >= 0.6 is 0 Å². The molecule has 0 unspecified atom stereocenters. The molecule has 1 aliphatic heterocycles. The summed E-state index contributed by atoms with van der Waals surface area (Å²) < 4.78 is 40.7. The number of hydrogen-bond acceptors (Lipinski definition) is 3. The van der Waals surface area contributed by atoms with Crippen molar-refractivity contribution in [3.63, 3.8) is 0 Å². The summed E-state index contributed by atoms with van der Waals surface area (Å²) in [6, 6.07) is 9.98. The van der Waals surface area contributed by atoms with Gasteiger partial charge in [-0.15, -0.1) is 0 Å². The molecule has 0 spiro atoms. The highest BCUT2D eigenvalue weighted by molar-refractivity contribution is 6.21. The lowest BCUT2D eigenvalue weighted by Crippen LogP contribution is -2.56. The summed E-state index contributed by atoms with van der Waals surface area (Å²) in [4.78, 5) is 39.7. The van der Waals surface area contributed by atoms with E-state index in [0.29, 0.717) is 0 Å². The normalized spacial score (nSPS) is 15.0. The maximum Gasteiger partial charge on any atom is 0.416 e. The first-order valence-electron chi connectivity index (χ1n) is 9.95. The summed E-state index contributed by atoms with van der Waals surface area (Å²) >= 11 is 0. The van der Waals surface area contributed by atoms with Gasteiger partial charge in [0.2, 0.25) is 0 Å². The van der Waals surface area contributed by atoms with Crippen LogP contribution in [0.3, 0.4) is 0 Å². The fourth-order valence-electron chi connectivity index (χ4n) is 4.07. The molecule has 1 heterocycles. The Kier molecular flexibility index (Phi) is 6.04. The van der Waals surface area contributed by atoms with Gasteiger partial charge in [-0.25, -0.2) is 4.79 Å². The molecule has 1 aliphatic rings. The molecule has 0 bridgehead atoms. The third-order valence-electron chi connectivity index (χ3n) is 5.34. The number of carbonyl (C=O) groups excluding carboxylic acids is 2. The van der Waals surface area contributed by atoms with E-state index in [-0.39, 0.29) is 29.7 Å². The molecule has 9 heteroatoms. The highest BCUT2D eigenvalue weighted by Crippen LogP contribution is 2.34. The fraction of sp³-hybridized carbons (Fsp3) is 0.348. The Labute approximate surface area is 183 Å². The monoisotopic (exact) mass is 448 g/mol. The lowest BCUT2D eigenvalue weighted by molar-refractivity contribution is -0.138. The molecule has 3 amide bonds. The van der Waals surface area contributed by atoms with E-state index in [9.17, 15) is 32.7 Å². The lowest BCUT2D eigenvalue weighted by Gasteiger charge is -2.41. The molecule has 1 atom stereocenters. The van der Waals surface area contributed by atoms with Gasteiger partial charge in [0.05, 0.1) is 29.3 Å². The molecule has 32 heavy (non-hydrogen) atoms. The van der Waals surface area contributed by atoms with Gasteiger partial charge in [0.25, 0.3) is 11.8 Å². The summed E-state index contributed by atoms with van der Waals surface area (Å²) in [6.07, 6.45) is -6.32. The second-order valence-corrected chi connectivity index (χ2v) is 8.60. The minimum atomic E-state index is -4.63. The number of benzene rings is 2. The molecule has 0 aliphatic carbocycles. The van der Waals surface area contributed by atoms with Crippen molar-refractivity contribution in [2.24, 2.45) is 0 Å². The van der Waals surface area contributed by atoms with Crippen LogP contribution in [0, 0.1) is 0 Å². The number of alkyl halides is 3. The predicted molar refractivity (Wildman–Crippen MR) is 110 cm³/mol. The largest absolute Gasteiger partial charge is 0.465 e. The van der Waals surface area contributed by atoms with Crippen LogP contribution in [0.25, 0.3) is 0 Å². The van der Waals surface area contributed by atoms with Gasteiger partial charge in [-0.1, -0.05) is 30.3 Å². The number of halogens is 3. The Balaban J connectivity index is 2.03. The van der Waals surface area contributed by atoms with Crippen molar-refractivity contribution in [2.45, 2.75) is 44.9 Å². The molecule has 2 aromatic carbocycles. The Morgan fingerprint density at radius 2 is 1.47 bits per heavy atom. The van der Waals surface area contributed by atoms with Crippen molar-refractivity contribution in [1.29, 1.82) is 0 Å². The molecule has 170 valence electrons. The summed E-state index contributed by atoms with van der Waals surface area (Å²) in [5.74, 6) is -1.20. The number of imide groups is 1. The van der Waals surface area contributed by atoms with Crippen LogP contribution < -0.4 is 0 Å². The van der Waals surface area contributed by atoms with E-state index in [2.05, 4.69) is 0 Å². The zero-order valence-electron chi connectivity index (χ0n) is 17.8. The Bertz CT molecular complexity index is 1020. The molecule has 0 fully saturated rings. The molecule has 0 radical (unpaired) electrons. The van der Waals surface area contributed by atoms with Crippen LogP contribution in [0.4, 0.5) is 18.0 Å². The predicted octanol–water partition coefficient (Wildman–Crippen LogP) is 4.69. The zero-order valence-corrected chi connectivity index (χ0v) is 17.8. The second-order valence-electron chi connectivity index (χ2n) is 8.60. The number of amides is 3. The molecule has 0 saturated carbocycles. The van der Waals surface area contributed by atoms with E-state index in [0.717, 1.165) is 15.9 Å². The van der Waals surface area contributed by atoms with Gasteiger partial charge in [-0.05, 0) is 51.0 Å². The second kappa shape index (κ2) is 8.29. The van der Waals surface area contributed by atoms with Crippen molar-refractivity contribution >= 4 is 17.9 Å². The van der Waals surface area contributed by atoms with Crippen LogP contribution in [0.2, 0.25) is 0 Å². The van der Waals surface area contributed by atoms with Crippen molar-refractivity contribution in [1.82, 2.24) is 9.80 Å². The van der Waals surface area contributed by atoms with Crippen molar-refractivity contribution < 1.29 is 32.7 Å². The summed E-state index contributed by atoms with van der Waals surface area (Å²) in [5, 5.41) is 9.88. The molecule has 1 N–H and O–H groups in total. The van der Waals surface area contributed by atoms with Crippen molar-refractivity contribution in [3.8, 4) is 0 Å². The molecule has 3 rings (SSSR count). The standard InChI is InChI=1S/C23H23F3N2O4/c1-22(2,3)28(21(31)32)15(12-14-8-4-7-11-18(14)23(24,25)26)13-27-19(29)16-9-5-6-10-17(16)20(27)30/h4-11,15H,12-13H2,1-3H3,(H,31,32)/t15-/m0/s1. The number of fused-ring (bicyclic) bond motifs is 1. The fourth-order valence-corrected chi connectivity index (χ4v) is 4.07. The first kappa shape index (κ1) is 23.3. The third-order valence-corrected chi connectivity index (χ3v) is 5.34. The smallest absolute Gasteiger partial charge is 0.416 e. The van der Waals surface area contributed by atoms with E-state index in [1.165, 1.54) is 30.3 Å². The summed E-state index contributed by atoms with van der Waals surface area (Å²) in [7, 11) is 0. The average molecular weight is 448 g/mol. The van der Waals surface area contributed by atoms with Crippen molar-refractivity contribution in [3.05, 3.63) is 70.8 Å². The number of hydrogen-bond donors (Lipinski definition) is 1. The van der Waals surface area contributed by atoms with Gasteiger partial charge in [-0.2, -0.15) is 13.2 Å². The number of carboxylic acid groups (broad SMARTS) is 1. The Morgan fingerprint density at radius 1 is 0.969 bits per heavy atom. The quantitative estimate of drug-likeness (QED) is 0.673. The molecular formula is C23H23F3N2O4. The minimum Gasteiger partial charge on any atom is -0.465 e. The number of nitrogens with zero attached hydrogens (tertiary/aromatic N) is 2. The summed E-state index contributed by atoms with van der Waals surface area (Å²) in [5.41, 5.74) is -1.62. The number of carbonyl (C=O) groups is 3.